The van der Waals surface area contributed by atoms with Gasteiger partial charge in [0.2, 0.25) is 0 Å². The number of hydrogen-bond donors (Lipinski definition) is 0. The Morgan fingerprint density at radius 1 is 1.14 bits per heavy atom. The summed E-state index contributed by atoms with van der Waals surface area (Å²) in [6.07, 6.45) is -6.85. The quantitative estimate of drug-likeness (QED) is 0.660. The molecule has 0 heterocycles. The van der Waals surface area contributed by atoms with Crippen molar-refractivity contribution in [1.82, 2.24) is 0 Å². The summed E-state index contributed by atoms with van der Waals surface area (Å²) in [6, 6.07) is 0. The number of ether oxygens (including phenoxy) is 1. The lowest BCUT2D eigenvalue weighted by molar-refractivity contribution is -0.216. The zero-order valence-corrected chi connectivity index (χ0v) is 8.17. The topological polar surface area (TPSA) is 9.23 Å². The molecule has 1 nitrogen and oxygen atoms in total. The maximum atomic E-state index is 11.4. The fraction of sp³-hybridized carbons (Fsp3) is 1.00. The van der Waals surface area contributed by atoms with Crippen LogP contribution >= 0.6 is 0 Å². The van der Waals surface area contributed by atoms with Crippen LogP contribution in [0.15, 0.2) is 0 Å². The maximum Gasteiger partial charge on any atom is 0.417 e. The van der Waals surface area contributed by atoms with Gasteiger partial charge in [0.1, 0.15) is 6.67 Å². The van der Waals surface area contributed by atoms with Gasteiger partial charge in [0.25, 0.3) is 0 Å². The van der Waals surface area contributed by atoms with Crippen LogP contribution in [0.2, 0.25) is 0 Å². The molecule has 0 saturated heterocycles. The summed E-state index contributed by atoms with van der Waals surface area (Å²) in [7, 11) is 1.32. The van der Waals surface area contributed by atoms with Gasteiger partial charge in [-0.2, -0.15) is 13.2 Å². The number of alkyl halides is 6. The first-order chi connectivity index (χ1) is 6.43. The van der Waals surface area contributed by atoms with E-state index in [-0.39, 0.29) is 6.67 Å². The molecule has 0 fully saturated rings. The summed E-state index contributed by atoms with van der Waals surface area (Å²) in [5, 5.41) is 0. The first-order valence-corrected chi connectivity index (χ1v) is 3.53. The van der Waals surface area contributed by atoms with Crippen molar-refractivity contribution in [2.24, 2.45) is 0 Å². The maximum absolute atomic E-state index is 11.4. The van der Waals surface area contributed by atoms with Gasteiger partial charge in [0.05, 0.1) is 13.9 Å². The molecule has 0 aromatic rings. The van der Waals surface area contributed by atoms with Crippen LogP contribution < -0.4 is 0 Å². The Labute approximate surface area is 79.0 Å². The van der Waals surface area contributed by atoms with Crippen LogP contribution in [0.25, 0.3) is 0 Å². The molecule has 0 rings (SSSR count). The molecule has 0 aliphatic heterocycles. The molecule has 0 aromatic carbocycles. The van der Waals surface area contributed by atoms with Crippen molar-refractivity contribution in [3.63, 3.8) is 0 Å². The Kier molecular flexibility index (Phi) is 17.2. The average molecular weight is 228 g/mol. The van der Waals surface area contributed by atoms with E-state index in [9.17, 15) is 26.3 Å². The molecule has 0 radical (unpaired) electrons. The van der Waals surface area contributed by atoms with Crippen molar-refractivity contribution in [3.05, 3.63) is 0 Å². The molecular weight excluding hydrogens is 214 g/mol. The predicted molar refractivity (Wildman–Crippen MR) is 41.5 cm³/mol. The number of hydrogen-bond acceptors (Lipinski definition) is 1. The Hall–Kier alpha value is -0.460. The number of methoxy groups -OCH3 is 1. The largest absolute Gasteiger partial charge is 0.417 e. The average Bonchev–Trinajstić information content (AvgIpc) is 2.09. The molecule has 0 aromatic heterocycles. The molecule has 0 aliphatic rings. The molecule has 7 heteroatoms. The SMILES string of the molecule is CCF.CF.COC(CF)C(F)(F)F. The third kappa shape index (κ3) is 14.1. The molecule has 0 bridgehead atoms. The van der Waals surface area contributed by atoms with Crippen LogP contribution in [0.3, 0.4) is 0 Å². The third-order valence-electron chi connectivity index (χ3n) is 0.790. The monoisotopic (exact) mass is 228 g/mol. The highest BCUT2D eigenvalue weighted by molar-refractivity contribution is 4.64. The second kappa shape index (κ2) is 12.5. The predicted octanol–water partition coefficient (Wildman–Crippen LogP) is 3.09. The zero-order valence-electron chi connectivity index (χ0n) is 8.17. The molecule has 1 unspecified atom stereocenters. The second-order valence-corrected chi connectivity index (χ2v) is 1.69. The van der Waals surface area contributed by atoms with Crippen molar-refractivity contribution in [1.29, 1.82) is 0 Å². The molecule has 0 aliphatic carbocycles. The fourth-order valence-corrected chi connectivity index (χ4v) is 0.284. The van der Waals surface area contributed by atoms with Crippen LogP contribution in [0, 0.1) is 0 Å². The van der Waals surface area contributed by atoms with Crippen molar-refractivity contribution >= 4 is 0 Å². The highest BCUT2D eigenvalue weighted by Gasteiger charge is 2.39. The smallest absolute Gasteiger partial charge is 0.369 e. The molecule has 0 spiro atoms. The second-order valence-electron chi connectivity index (χ2n) is 1.69. The van der Waals surface area contributed by atoms with E-state index >= 15 is 0 Å². The number of halogens is 6. The minimum absolute atomic E-state index is 0.250. The molecule has 0 N–H and O–H groups in total. The summed E-state index contributed by atoms with van der Waals surface area (Å²) in [5.74, 6) is 0. The molecule has 0 saturated carbocycles. The van der Waals surface area contributed by atoms with Gasteiger partial charge in [-0.15, -0.1) is 0 Å². The lowest BCUT2D eigenvalue weighted by Gasteiger charge is -2.13. The standard InChI is InChI=1S/C4H6F4O.C2H5F.CH3F/c1-9-3(2-5)4(6,7)8;1-2-3;1-2/h3H,2H2,1H3;2H2,1H3;1H3. The van der Waals surface area contributed by atoms with E-state index < -0.39 is 19.0 Å². The lowest BCUT2D eigenvalue weighted by atomic mass is 10.4. The van der Waals surface area contributed by atoms with E-state index in [4.69, 9.17) is 0 Å². The molecule has 14 heavy (non-hydrogen) atoms. The van der Waals surface area contributed by atoms with E-state index in [1.807, 2.05) is 0 Å². The van der Waals surface area contributed by atoms with Gasteiger partial charge in [-0.05, 0) is 6.92 Å². The summed E-state index contributed by atoms with van der Waals surface area (Å²) < 4.78 is 68.9. The minimum Gasteiger partial charge on any atom is -0.369 e. The third-order valence-corrected chi connectivity index (χ3v) is 0.790. The summed E-state index contributed by atoms with van der Waals surface area (Å²) >= 11 is 0. The van der Waals surface area contributed by atoms with Crippen LogP contribution in [0.1, 0.15) is 6.92 Å². The van der Waals surface area contributed by atoms with Gasteiger partial charge in [-0.1, -0.05) is 0 Å². The Bertz CT molecular complexity index is 90.7. The van der Waals surface area contributed by atoms with Gasteiger partial charge in [0, 0.05) is 7.11 Å². The Balaban J connectivity index is -0.000000205. The van der Waals surface area contributed by atoms with Crippen molar-refractivity contribution in [2.45, 2.75) is 19.2 Å². The molecular formula is C7H14F6O. The van der Waals surface area contributed by atoms with Crippen LogP contribution in [0.5, 0.6) is 0 Å². The van der Waals surface area contributed by atoms with E-state index in [0.717, 1.165) is 7.11 Å². The fourth-order valence-electron chi connectivity index (χ4n) is 0.284. The summed E-state index contributed by atoms with van der Waals surface area (Å²) in [5.41, 5.74) is 0. The van der Waals surface area contributed by atoms with Gasteiger partial charge in [0.15, 0.2) is 6.10 Å². The van der Waals surface area contributed by atoms with Crippen LogP contribution in [-0.4, -0.2) is 39.9 Å². The van der Waals surface area contributed by atoms with Gasteiger partial charge in [-0.3, -0.25) is 8.78 Å². The Morgan fingerprint density at radius 2 is 1.43 bits per heavy atom. The normalized spacial score (nSPS) is 11.8. The van der Waals surface area contributed by atoms with Crippen molar-refractivity contribution in [2.75, 3.05) is 27.6 Å². The lowest BCUT2D eigenvalue weighted by Crippen LogP contribution is -2.32. The molecule has 90 valence electrons. The number of rotatable bonds is 2. The molecule has 0 amide bonds. The highest BCUT2D eigenvalue weighted by Crippen LogP contribution is 2.22. The Morgan fingerprint density at radius 3 is 1.43 bits per heavy atom. The summed E-state index contributed by atoms with van der Waals surface area (Å²) in [4.78, 5) is 0. The van der Waals surface area contributed by atoms with Gasteiger partial charge in [-0.25, -0.2) is 4.39 Å². The van der Waals surface area contributed by atoms with E-state index in [1.54, 1.807) is 0 Å². The highest BCUT2D eigenvalue weighted by atomic mass is 19.4. The van der Waals surface area contributed by atoms with Crippen molar-refractivity contribution < 1.29 is 31.1 Å². The van der Waals surface area contributed by atoms with Gasteiger partial charge < -0.3 is 4.74 Å². The van der Waals surface area contributed by atoms with E-state index in [1.165, 1.54) is 6.92 Å². The van der Waals surface area contributed by atoms with Gasteiger partial charge >= 0.3 is 6.18 Å². The first kappa shape index (κ1) is 19.2. The van der Waals surface area contributed by atoms with E-state index in [0.29, 0.717) is 7.18 Å². The minimum atomic E-state index is -4.58. The van der Waals surface area contributed by atoms with Crippen molar-refractivity contribution in [3.8, 4) is 0 Å². The summed E-state index contributed by atoms with van der Waals surface area (Å²) in [6.45, 7) is -0.319. The van der Waals surface area contributed by atoms with Crippen LogP contribution in [0.4, 0.5) is 26.3 Å². The first-order valence-electron chi connectivity index (χ1n) is 3.53. The van der Waals surface area contributed by atoms with E-state index in [2.05, 4.69) is 4.74 Å². The zero-order chi connectivity index (χ0) is 12.2. The molecule has 1 atom stereocenters. The van der Waals surface area contributed by atoms with Crippen LogP contribution in [-0.2, 0) is 4.74 Å².